The van der Waals surface area contributed by atoms with Crippen LogP contribution in [0, 0.1) is 6.92 Å². The Bertz CT molecular complexity index is 613. The summed E-state index contributed by atoms with van der Waals surface area (Å²) in [5.74, 6) is 0.837. The first-order valence-corrected chi connectivity index (χ1v) is 6.57. The highest BCUT2D eigenvalue weighted by Gasteiger charge is 2.17. The predicted molar refractivity (Wildman–Crippen MR) is 62.0 cm³/mol. The average molecular weight is 255 g/mol. The second kappa shape index (κ2) is 4.21. The fourth-order valence-electron chi connectivity index (χ4n) is 1.32. The number of nitrogens with one attached hydrogen (secondary N) is 2. The van der Waals surface area contributed by atoms with E-state index in [0.29, 0.717) is 18.2 Å². The minimum absolute atomic E-state index is 0.0287. The zero-order chi connectivity index (χ0) is 12.5. The fourth-order valence-corrected chi connectivity index (χ4v) is 2.29. The van der Waals surface area contributed by atoms with Crippen LogP contribution in [0.3, 0.4) is 0 Å². The van der Waals surface area contributed by atoms with Gasteiger partial charge in [-0.05, 0) is 13.8 Å². The number of aromatic nitrogens is 4. The molecule has 2 rings (SSSR count). The number of aromatic amines is 1. The van der Waals surface area contributed by atoms with Gasteiger partial charge in [0, 0.05) is 18.8 Å². The fraction of sp³-hybridized carbons (Fsp3) is 0.333. The predicted octanol–water partition coefficient (Wildman–Crippen LogP) is 0.735. The van der Waals surface area contributed by atoms with Gasteiger partial charge in [-0.2, -0.15) is 13.5 Å². The maximum absolute atomic E-state index is 11.9. The lowest BCUT2D eigenvalue weighted by molar-refractivity contribution is 0.597. The molecule has 0 bridgehead atoms. The summed E-state index contributed by atoms with van der Waals surface area (Å²) in [4.78, 5) is 6.51. The number of hydrogen-bond acceptors (Lipinski definition) is 4. The molecule has 0 aliphatic carbocycles. The molecule has 92 valence electrons. The molecule has 7 nitrogen and oxygen atoms in total. The number of anilines is 1. The van der Waals surface area contributed by atoms with E-state index in [1.54, 1.807) is 23.9 Å². The largest absolute Gasteiger partial charge is 0.332 e. The topological polar surface area (TPSA) is 92.7 Å². The SMILES string of the molecule is CCn1ccc(NS(=O)(=O)c2cnc(C)[nH]2)n1. The van der Waals surface area contributed by atoms with E-state index in [1.807, 2.05) is 6.92 Å². The molecule has 0 saturated heterocycles. The molecule has 2 aromatic rings. The summed E-state index contributed by atoms with van der Waals surface area (Å²) in [5, 5.41) is 4.07. The van der Waals surface area contributed by atoms with Crippen molar-refractivity contribution in [1.29, 1.82) is 0 Å². The normalized spacial score (nSPS) is 11.6. The summed E-state index contributed by atoms with van der Waals surface area (Å²) < 4.78 is 27.8. The molecular weight excluding hydrogens is 242 g/mol. The van der Waals surface area contributed by atoms with Crippen molar-refractivity contribution in [3.63, 3.8) is 0 Å². The zero-order valence-electron chi connectivity index (χ0n) is 9.51. The highest BCUT2D eigenvalue weighted by Crippen LogP contribution is 2.12. The first kappa shape index (κ1) is 11.6. The lowest BCUT2D eigenvalue weighted by atomic mass is 10.7. The van der Waals surface area contributed by atoms with Crippen LogP contribution in [0.2, 0.25) is 0 Å². The highest BCUT2D eigenvalue weighted by atomic mass is 32.2. The summed E-state index contributed by atoms with van der Waals surface area (Å²) >= 11 is 0. The van der Waals surface area contributed by atoms with Gasteiger partial charge in [-0.3, -0.25) is 9.40 Å². The molecule has 0 spiro atoms. The first-order valence-electron chi connectivity index (χ1n) is 5.09. The Labute approximate surface area is 98.9 Å². The lowest BCUT2D eigenvalue weighted by Gasteiger charge is -2.02. The second-order valence-corrected chi connectivity index (χ2v) is 5.15. The number of hydrogen-bond donors (Lipinski definition) is 2. The average Bonchev–Trinajstić information content (AvgIpc) is 2.86. The Balaban J connectivity index is 2.23. The van der Waals surface area contributed by atoms with Gasteiger partial charge < -0.3 is 4.98 Å². The molecule has 0 aromatic carbocycles. The Morgan fingerprint density at radius 1 is 1.53 bits per heavy atom. The van der Waals surface area contributed by atoms with E-state index >= 15 is 0 Å². The molecule has 8 heteroatoms. The quantitative estimate of drug-likeness (QED) is 0.842. The molecule has 2 N–H and O–H groups in total. The number of H-pyrrole nitrogens is 1. The Morgan fingerprint density at radius 2 is 2.29 bits per heavy atom. The number of nitrogens with zero attached hydrogens (tertiary/aromatic N) is 3. The van der Waals surface area contributed by atoms with Crippen LogP contribution in [0.1, 0.15) is 12.7 Å². The van der Waals surface area contributed by atoms with Crippen LogP contribution >= 0.6 is 0 Å². The van der Waals surface area contributed by atoms with Crippen LogP contribution in [-0.2, 0) is 16.6 Å². The number of sulfonamides is 1. The highest BCUT2D eigenvalue weighted by molar-refractivity contribution is 7.92. The Kier molecular flexibility index (Phi) is 2.88. The van der Waals surface area contributed by atoms with Gasteiger partial charge in [-0.15, -0.1) is 0 Å². The molecule has 0 aliphatic rings. The number of aryl methyl sites for hydroxylation is 2. The third-order valence-corrected chi connectivity index (χ3v) is 3.44. The molecule has 0 aliphatic heterocycles. The van der Waals surface area contributed by atoms with Crippen molar-refractivity contribution in [3.05, 3.63) is 24.3 Å². The van der Waals surface area contributed by atoms with Crippen molar-refractivity contribution in [2.75, 3.05) is 4.72 Å². The van der Waals surface area contributed by atoms with Crippen molar-refractivity contribution in [1.82, 2.24) is 19.7 Å². The van der Waals surface area contributed by atoms with Gasteiger partial charge >= 0.3 is 0 Å². The first-order chi connectivity index (χ1) is 8.01. The minimum Gasteiger partial charge on any atom is -0.332 e. The molecule has 0 radical (unpaired) electrons. The zero-order valence-corrected chi connectivity index (χ0v) is 10.3. The van der Waals surface area contributed by atoms with E-state index in [1.165, 1.54) is 6.20 Å². The molecule has 0 fully saturated rings. The van der Waals surface area contributed by atoms with Crippen LogP contribution in [0.25, 0.3) is 0 Å². The van der Waals surface area contributed by atoms with Crippen LogP contribution in [0.15, 0.2) is 23.5 Å². The summed E-state index contributed by atoms with van der Waals surface area (Å²) in [7, 11) is -3.63. The molecule has 2 aromatic heterocycles. The van der Waals surface area contributed by atoms with E-state index in [2.05, 4.69) is 19.8 Å². The third-order valence-electron chi connectivity index (χ3n) is 2.17. The minimum atomic E-state index is -3.63. The summed E-state index contributed by atoms with van der Waals surface area (Å²) in [6, 6.07) is 1.60. The van der Waals surface area contributed by atoms with Crippen molar-refractivity contribution >= 4 is 15.8 Å². The van der Waals surface area contributed by atoms with Crippen molar-refractivity contribution in [3.8, 4) is 0 Å². The Hall–Kier alpha value is -1.83. The lowest BCUT2D eigenvalue weighted by Crippen LogP contribution is -2.14. The van der Waals surface area contributed by atoms with Gasteiger partial charge in [0.2, 0.25) is 0 Å². The van der Waals surface area contributed by atoms with E-state index in [0.717, 1.165) is 0 Å². The van der Waals surface area contributed by atoms with Gasteiger partial charge in [-0.25, -0.2) is 4.98 Å². The van der Waals surface area contributed by atoms with E-state index in [4.69, 9.17) is 0 Å². The van der Waals surface area contributed by atoms with Gasteiger partial charge in [0.1, 0.15) is 5.82 Å². The molecule has 0 saturated carbocycles. The summed E-state index contributed by atoms with van der Waals surface area (Å²) in [6.07, 6.45) is 2.98. The van der Waals surface area contributed by atoms with Crippen molar-refractivity contribution < 1.29 is 8.42 Å². The monoisotopic (exact) mass is 255 g/mol. The summed E-state index contributed by atoms with van der Waals surface area (Å²) in [5.41, 5.74) is 0. The standard InChI is InChI=1S/C9H13N5O2S/c1-3-14-5-4-8(12-14)13-17(15,16)9-6-10-7(2)11-9/h4-6H,3H2,1-2H3,(H,10,11)(H,12,13). The van der Waals surface area contributed by atoms with Crippen molar-refractivity contribution in [2.24, 2.45) is 0 Å². The van der Waals surface area contributed by atoms with Crippen LogP contribution < -0.4 is 4.72 Å². The molecule has 17 heavy (non-hydrogen) atoms. The van der Waals surface area contributed by atoms with Crippen LogP contribution in [0.4, 0.5) is 5.82 Å². The molecule has 0 atom stereocenters. The van der Waals surface area contributed by atoms with Gasteiger partial charge in [0.05, 0.1) is 6.20 Å². The smallest absolute Gasteiger partial charge is 0.280 e. The van der Waals surface area contributed by atoms with Gasteiger partial charge in [-0.1, -0.05) is 0 Å². The van der Waals surface area contributed by atoms with Crippen LogP contribution in [-0.4, -0.2) is 28.2 Å². The second-order valence-electron chi connectivity index (χ2n) is 3.50. The van der Waals surface area contributed by atoms with Crippen molar-refractivity contribution in [2.45, 2.75) is 25.4 Å². The number of imidazole rings is 1. The summed E-state index contributed by atoms with van der Waals surface area (Å²) in [6.45, 7) is 4.29. The van der Waals surface area contributed by atoms with Crippen LogP contribution in [0.5, 0.6) is 0 Å². The molecule has 0 unspecified atom stereocenters. The van der Waals surface area contributed by atoms with E-state index in [9.17, 15) is 8.42 Å². The Morgan fingerprint density at radius 3 is 2.82 bits per heavy atom. The number of rotatable bonds is 4. The van der Waals surface area contributed by atoms with E-state index < -0.39 is 10.0 Å². The maximum Gasteiger partial charge on any atom is 0.280 e. The molecule has 2 heterocycles. The molecule has 0 amide bonds. The van der Waals surface area contributed by atoms with Gasteiger partial charge in [0.15, 0.2) is 10.8 Å². The maximum atomic E-state index is 11.9. The molecular formula is C9H13N5O2S. The third kappa shape index (κ3) is 2.47. The van der Waals surface area contributed by atoms with Gasteiger partial charge in [0.25, 0.3) is 10.0 Å². The van der Waals surface area contributed by atoms with E-state index in [-0.39, 0.29) is 5.03 Å².